The predicted octanol–water partition coefficient (Wildman–Crippen LogP) is 1.65. The van der Waals surface area contributed by atoms with Crippen molar-refractivity contribution in [2.75, 3.05) is 26.3 Å². The van der Waals surface area contributed by atoms with Gasteiger partial charge in [0.05, 0.1) is 31.4 Å². The van der Waals surface area contributed by atoms with Crippen LogP contribution in [0.3, 0.4) is 0 Å². The molecule has 0 bridgehead atoms. The van der Waals surface area contributed by atoms with Crippen molar-refractivity contribution >= 4 is 5.91 Å². The standard InChI is InChI=1S/C19H28N2O3/c1-15-14-24-17(13-22)12-21(15)19(23)18-9-5-6-10-20(18)11-16-7-3-2-4-8-16/h2-4,7-8,15,17-18,22H,5-6,9-14H2,1H3. The predicted molar refractivity (Wildman–Crippen MR) is 92.5 cm³/mol. The first kappa shape index (κ1) is 17.4. The smallest absolute Gasteiger partial charge is 0.240 e. The highest BCUT2D eigenvalue weighted by atomic mass is 16.5. The summed E-state index contributed by atoms with van der Waals surface area (Å²) < 4.78 is 5.57. The summed E-state index contributed by atoms with van der Waals surface area (Å²) in [4.78, 5) is 17.4. The van der Waals surface area contributed by atoms with E-state index in [4.69, 9.17) is 4.74 Å². The van der Waals surface area contributed by atoms with Gasteiger partial charge in [-0.15, -0.1) is 0 Å². The van der Waals surface area contributed by atoms with Crippen LogP contribution in [0.1, 0.15) is 31.7 Å². The molecular formula is C19H28N2O3. The second-order valence-corrected chi connectivity index (χ2v) is 6.95. The Balaban J connectivity index is 1.70. The molecule has 0 aliphatic carbocycles. The largest absolute Gasteiger partial charge is 0.394 e. The second kappa shape index (κ2) is 8.10. The Bertz CT molecular complexity index is 537. The molecule has 1 amide bonds. The lowest BCUT2D eigenvalue weighted by Crippen LogP contribution is -2.58. The maximum atomic E-state index is 13.2. The molecule has 0 saturated carbocycles. The molecule has 2 fully saturated rings. The number of amides is 1. The van der Waals surface area contributed by atoms with Gasteiger partial charge in [-0.25, -0.2) is 0 Å². The molecule has 3 unspecified atom stereocenters. The van der Waals surface area contributed by atoms with Crippen molar-refractivity contribution in [3.8, 4) is 0 Å². The number of carbonyl (C=O) groups is 1. The first-order valence-corrected chi connectivity index (χ1v) is 9.00. The molecule has 3 atom stereocenters. The Morgan fingerprint density at radius 1 is 1.29 bits per heavy atom. The van der Waals surface area contributed by atoms with Crippen molar-refractivity contribution in [2.45, 2.75) is 50.9 Å². The summed E-state index contributed by atoms with van der Waals surface area (Å²) in [6, 6.07) is 10.4. The van der Waals surface area contributed by atoms with Crippen LogP contribution in [0.4, 0.5) is 0 Å². The molecular weight excluding hydrogens is 304 g/mol. The number of morpholine rings is 1. The summed E-state index contributed by atoms with van der Waals surface area (Å²) in [5, 5.41) is 9.36. The van der Waals surface area contributed by atoms with Crippen molar-refractivity contribution in [3.63, 3.8) is 0 Å². The highest BCUT2D eigenvalue weighted by Gasteiger charge is 2.36. The van der Waals surface area contributed by atoms with Gasteiger partial charge in [0.1, 0.15) is 0 Å². The highest BCUT2D eigenvalue weighted by Crippen LogP contribution is 2.23. The van der Waals surface area contributed by atoms with Gasteiger partial charge in [-0.3, -0.25) is 9.69 Å². The van der Waals surface area contributed by atoms with E-state index < -0.39 is 0 Å². The van der Waals surface area contributed by atoms with Crippen molar-refractivity contribution < 1.29 is 14.6 Å². The van der Waals surface area contributed by atoms with Gasteiger partial charge in [-0.2, -0.15) is 0 Å². The van der Waals surface area contributed by atoms with Crippen LogP contribution in [0.15, 0.2) is 30.3 Å². The van der Waals surface area contributed by atoms with E-state index in [0.717, 1.165) is 32.4 Å². The number of rotatable bonds is 4. The van der Waals surface area contributed by atoms with Gasteiger partial charge >= 0.3 is 0 Å². The molecule has 0 spiro atoms. The summed E-state index contributed by atoms with van der Waals surface area (Å²) >= 11 is 0. The number of likely N-dealkylation sites (tertiary alicyclic amines) is 1. The van der Waals surface area contributed by atoms with Gasteiger partial charge in [-0.05, 0) is 31.9 Å². The van der Waals surface area contributed by atoms with Crippen LogP contribution in [-0.4, -0.2) is 65.3 Å². The fraction of sp³-hybridized carbons (Fsp3) is 0.632. The first-order chi connectivity index (χ1) is 11.7. The third-order valence-corrected chi connectivity index (χ3v) is 5.12. The van der Waals surface area contributed by atoms with Crippen molar-refractivity contribution in [2.24, 2.45) is 0 Å². The molecule has 3 rings (SSSR count). The van der Waals surface area contributed by atoms with E-state index in [2.05, 4.69) is 17.0 Å². The molecule has 1 N–H and O–H groups in total. The molecule has 2 aliphatic heterocycles. The van der Waals surface area contributed by atoms with E-state index in [1.54, 1.807) is 0 Å². The van der Waals surface area contributed by atoms with Crippen LogP contribution in [0.5, 0.6) is 0 Å². The van der Waals surface area contributed by atoms with E-state index in [1.807, 2.05) is 30.0 Å². The van der Waals surface area contributed by atoms with Crippen LogP contribution in [-0.2, 0) is 16.1 Å². The molecule has 0 aromatic heterocycles. The summed E-state index contributed by atoms with van der Waals surface area (Å²) in [5.74, 6) is 0.194. The summed E-state index contributed by atoms with van der Waals surface area (Å²) in [6.07, 6.45) is 2.91. The monoisotopic (exact) mass is 332 g/mol. The number of ether oxygens (including phenoxy) is 1. The third-order valence-electron chi connectivity index (χ3n) is 5.12. The van der Waals surface area contributed by atoms with Crippen molar-refractivity contribution in [1.82, 2.24) is 9.80 Å². The summed E-state index contributed by atoms with van der Waals surface area (Å²) in [5.41, 5.74) is 1.25. The van der Waals surface area contributed by atoms with Crippen LogP contribution >= 0.6 is 0 Å². The number of aliphatic hydroxyl groups is 1. The Labute approximate surface area is 144 Å². The summed E-state index contributed by atoms with van der Waals surface area (Å²) in [6.45, 7) is 4.77. The minimum absolute atomic E-state index is 0.0328. The molecule has 0 radical (unpaired) electrons. The van der Waals surface area contributed by atoms with Gasteiger partial charge in [0.25, 0.3) is 0 Å². The number of hydrogen-bond acceptors (Lipinski definition) is 4. The van der Waals surface area contributed by atoms with Gasteiger partial charge in [0, 0.05) is 13.1 Å². The number of carbonyl (C=O) groups excluding carboxylic acids is 1. The molecule has 2 saturated heterocycles. The van der Waals surface area contributed by atoms with E-state index in [9.17, 15) is 9.90 Å². The third kappa shape index (κ3) is 3.97. The molecule has 2 heterocycles. The number of hydrogen-bond donors (Lipinski definition) is 1. The Morgan fingerprint density at radius 2 is 2.08 bits per heavy atom. The number of benzene rings is 1. The van der Waals surface area contributed by atoms with Crippen LogP contribution in [0, 0.1) is 0 Å². The second-order valence-electron chi connectivity index (χ2n) is 6.95. The van der Waals surface area contributed by atoms with Crippen molar-refractivity contribution in [3.05, 3.63) is 35.9 Å². The zero-order chi connectivity index (χ0) is 16.9. The zero-order valence-electron chi connectivity index (χ0n) is 14.4. The van der Waals surface area contributed by atoms with Crippen LogP contribution in [0.2, 0.25) is 0 Å². The summed E-state index contributed by atoms with van der Waals surface area (Å²) in [7, 11) is 0. The van der Waals surface area contributed by atoms with E-state index in [1.165, 1.54) is 5.56 Å². The van der Waals surface area contributed by atoms with Gasteiger partial charge in [-0.1, -0.05) is 36.8 Å². The lowest BCUT2D eigenvalue weighted by Gasteiger charge is -2.43. The van der Waals surface area contributed by atoms with E-state index in [0.29, 0.717) is 13.2 Å². The van der Waals surface area contributed by atoms with Gasteiger partial charge in [0.15, 0.2) is 0 Å². The lowest BCUT2D eigenvalue weighted by atomic mass is 9.98. The fourth-order valence-corrected chi connectivity index (χ4v) is 3.70. The number of piperidine rings is 1. The SMILES string of the molecule is CC1COC(CO)CN1C(=O)C1CCCCN1Cc1ccccc1. The average molecular weight is 332 g/mol. The van der Waals surface area contributed by atoms with E-state index in [-0.39, 0.29) is 30.7 Å². The quantitative estimate of drug-likeness (QED) is 0.911. The van der Waals surface area contributed by atoms with E-state index >= 15 is 0 Å². The van der Waals surface area contributed by atoms with Crippen LogP contribution in [0.25, 0.3) is 0 Å². The molecule has 1 aromatic rings. The molecule has 5 nitrogen and oxygen atoms in total. The molecule has 132 valence electrons. The minimum Gasteiger partial charge on any atom is -0.394 e. The molecule has 1 aromatic carbocycles. The Kier molecular flexibility index (Phi) is 5.87. The Morgan fingerprint density at radius 3 is 2.83 bits per heavy atom. The fourth-order valence-electron chi connectivity index (χ4n) is 3.70. The minimum atomic E-state index is -0.253. The molecule has 24 heavy (non-hydrogen) atoms. The zero-order valence-corrected chi connectivity index (χ0v) is 14.4. The van der Waals surface area contributed by atoms with Gasteiger partial charge < -0.3 is 14.7 Å². The van der Waals surface area contributed by atoms with Crippen molar-refractivity contribution in [1.29, 1.82) is 0 Å². The topological polar surface area (TPSA) is 53.0 Å². The Hall–Kier alpha value is -1.43. The average Bonchev–Trinajstić information content (AvgIpc) is 2.63. The lowest BCUT2D eigenvalue weighted by molar-refractivity contribution is -0.153. The van der Waals surface area contributed by atoms with Gasteiger partial charge in [0.2, 0.25) is 5.91 Å². The number of nitrogens with zero attached hydrogens (tertiary/aromatic N) is 2. The highest BCUT2D eigenvalue weighted by molar-refractivity contribution is 5.82. The maximum Gasteiger partial charge on any atom is 0.240 e. The molecule has 5 heteroatoms. The normalized spacial score (nSPS) is 28.8. The number of aliphatic hydroxyl groups excluding tert-OH is 1. The van der Waals surface area contributed by atoms with Crippen LogP contribution < -0.4 is 0 Å². The maximum absolute atomic E-state index is 13.2. The molecule has 2 aliphatic rings. The first-order valence-electron chi connectivity index (χ1n) is 9.00.